The Labute approximate surface area is 204 Å². The summed E-state index contributed by atoms with van der Waals surface area (Å²) in [5.74, 6) is 2.68. The van der Waals surface area contributed by atoms with Crippen molar-refractivity contribution in [1.29, 1.82) is 0 Å². The number of hydrogen-bond donors (Lipinski definition) is 0. The number of benzene rings is 2. The topological polar surface area (TPSA) is 57.2 Å². The van der Waals surface area contributed by atoms with Crippen molar-refractivity contribution in [1.82, 2.24) is 4.90 Å². The van der Waals surface area contributed by atoms with E-state index < -0.39 is 0 Å². The van der Waals surface area contributed by atoms with Crippen LogP contribution in [-0.2, 0) is 4.79 Å². The highest BCUT2D eigenvalue weighted by Gasteiger charge is 2.31. The highest BCUT2D eigenvalue weighted by atomic mass is 32.2. The van der Waals surface area contributed by atoms with Crippen LogP contribution >= 0.6 is 24.0 Å². The monoisotopic (exact) mass is 485 g/mol. The molecule has 0 spiro atoms. The van der Waals surface area contributed by atoms with Gasteiger partial charge in [-0.3, -0.25) is 9.69 Å². The van der Waals surface area contributed by atoms with Gasteiger partial charge in [-0.05, 0) is 42.8 Å². The molecule has 0 unspecified atom stereocenters. The summed E-state index contributed by atoms with van der Waals surface area (Å²) in [7, 11) is 1.63. The second kappa shape index (κ2) is 12.3. The Morgan fingerprint density at radius 1 is 1.06 bits per heavy atom. The molecule has 0 radical (unpaired) electrons. The predicted molar refractivity (Wildman–Crippen MR) is 136 cm³/mol. The standard InChI is InChI=1S/C25H27NO5S2/c1-4-12-26-24(27)23(33-25(26)32)16-18-10-11-21(22(15-18)29-5-2)31-14-7-13-30-20-9-6-8-19(17-20)28-3/h4,6,8-11,15-17H,1,5,7,12-14H2,2-3H3. The van der Waals surface area contributed by atoms with Gasteiger partial charge in [0.1, 0.15) is 15.8 Å². The maximum absolute atomic E-state index is 12.6. The fourth-order valence-electron chi connectivity index (χ4n) is 3.06. The molecule has 33 heavy (non-hydrogen) atoms. The third-order valence-corrected chi connectivity index (χ3v) is 5.98. The Hall–Kier alpha value is -2.97. The van der Waals surface area contributed by atoms with Crippen LogP contribution in [-0.4, -0.2) is 48.6 Å². The number of carbonyl (C=O) groups is 1. The molecule has 0 bridgehead atoms. The zero-order valence-electron chi connectivity index (χ0n) is 18.7. The SMILES string of the molecule is C=CCN1C(=O)C(=Cc2ccc(OCCCOc3cccc(OC)c3)c(OCC)c2)SC1=S. The van der Waals surface area contributed by atoms with E-state index in [0.717, 1.165) is 17.1 Å². The fourth-order valence-corrected chi connectivity index (χ4v) is 4.34. The highest BCUT2D eigenvalue weighted by Crippen LogP contribution is 2.35. The number of amides is 1. The first kappa shape index (κ1) is 24.7. The minimum Gasteiger partial charge on any atom is -0.497 e. The van der Waals surface area contributed by atoms with Crippen molar-refractivity contribution in [3.63, 3.8) is 0 Å². The minimum atomic E-state index is -0.112. The molecule has 0 aromatic heterocycles. The van der Waals surface area contributed by atoms with Gasteiger partial charge >= 0.3 is 0 Å². The molecule has 1 heterocycles. The largest absolute Gasteiger partial charge is 0.497 e. The highest BCUT2D eigenvalue weighted by molar-refractivity contribution is 8.26. The molecule has 0 atom stereocenters. The Bertz CT molecular complexity index is 1040. The summed E-state index contributed by atoms with van der Waals surface area (Å²) in [6.07, 6.45) is 4.18. The van der Waals surface area contributed by atoms with E-state index in [0.29, 0.717) is 53.5 Å². The van der Waals surface area contributed by atoms with Gasteiger partial charge in [-0.25, -0.2) is 0 Å². The molecule has 1 fully saturated rings. The lowest BCUT2D eigenvalue weighted by Crippen LogP contribution is -2.27. The van der Waals surface area contributed by atoms with Gasteiger partial charge in [0.05, 0.1) is 31.8 Å². The second-order valence-corrected chi connectivity index (χ2v) is 8.63. The van der Waals surface area contributed by atoms with Gasteiger partial charge < -0.3 is 18.9 Å². The summed E-state index contributed by atoms with van der Waals surface area (Å²) >= 11 is 6.58. The van der Waals surface area contributed by atoms with Crippen LogP contribution in [0.1, 0.15) is 18.9 Å². The lowest BCUT2D eigenvalue weighted by atomic mass is 10.2. The van der Waals surface area contributed by atoms with Crippen molar-refractivity contribution in [2.45, 2.75) is 13.3 Å². The molecule has 0 saturated carbocycles. The first-order chi connectivity index (χ1) is 16.0. The van der Waals surface area contributed by atoms with E-state index in [1.54, 1.807) is 13.2 Å². The second-order valence-electron chi connectivity index (χ2n) is 6.95. The summed E-state index contributed by atoms with van der Waals surface area (Å²) < 4.78 is 23.2. The molecule has 2 aromatic rings. The number of hydrogen-bond acceptors (Lipinski definition) is 7. The molecule has 1 amide bonds. The molecule has 1 aliphatic rings. The first-order valence-corrected chi connectivity index (χ1v) is 11.8. The number of carbonyl (C=O) groups excluding carboxylic acids is 1. The van der Waals surface area contributed by atoms with Crippen LogP contribution in [0.2, 0.25) is 0 Å². The molecule has 0 aliphatic carbocycles. The van der Waals surface area contributed by atoms with Gasteiger partial charge in [-0.2, -0.15) is 0 Å². The fraction of sp³-hybridized carbons (Fsp3) is 0.280. The normalized spacial score (nSPS) is 14.5. The Kier molecular flexibility index (Phi) is 9.21. The number of methoxy groups -OCH3 is 1. The average Bonchev–Trinajstić information content (AvgIpc) is 3.08. The lowest BCUT2D eigenvalue weighted by Gasteiger charge is -2.13. The summed E-state index contributed by atoms with van der Waals surface area (Å²) in [6, 6.07) is 13.1. The van der Waals surface area contributed by atoms with E-state index in [2.05, 4.69) is 6.58 Å². The molecule has 174 valence electrons. The maximum atomic E-state index is 12.6. The molecule has 0 N–H and O–H groups in total. The maximum Gasteiger partial charge on any atom is 0.266 e. The molecular formula is C25H27NO5S2. The van der Waals surface area contributed by atoms with E-state index in [4.69, 9.17) is 31.2 Å². The van der Waals surface area contributed by atoms with Gasteiger partial charge in [0, 0.05) is 19.0 Å². The molecule has 1 saturated heterocycles. The number of thiocarbonyl (C=S) groups is 1. The smallest absolute Gasteiger partial charge is 0.266 e. The molecule has 2 aromatic carbocycles. The molecule has 3 rings (SSSR count). The van der Waals surface area contributed by atoms with Crippen LogP contribution in [0.25, 0.3) is 6.08 Å². The van der Waals surface area contributed by atoms with Crippen LogP contribution < -0.4 is 18.9 Å². The van der Waals surface area contributed by atoms with Crippen molar-refractivity contribution >= 4 is 40.3 Å². The van der Waals surface area contributed by atoms with Crippen molar-refractivity contribution in [2.75, 3.05) is 33.5 Å². The van der Waals surface area contributed by atoms with Crippen LogP contribution in [0.5, 0.6) is 23.0 Å². The molecular weight excluding hydrogens is 458 g/mol. The lowest BCUT2D eigenvalue weighted by molar-refractivity contribution is -0.121. The van der Waals surface area contributed by atoms with E-state index >= 15 is 0 Å². The van der Waals surface area contributed by atoms with Crippen LogP contribution in [0, 0.1) is 0 Å². The van der Waals surface area contributed by atoms with Gasteiger partial charge in [-0.15, -0.1) is 6.58 Å². The van der Waals surface area contributed by atoms with Crippen LogP contribution in [0.4, 0.5) is 0 Å². The zero-order valence-corrected chi connectivity index (χ0v) is 20.4. The number of thioether (sulfide) groups is 1. The van der Waals surface area contributed by atoms with Crippen molar-refractivity contribution in [2.24, 2.45) is 0 Å². The quantitative estimate of drug-likeness (QED) is 0.174. The predicted octanol–water partition coefficient (Wildman–Crippen LogP) is 5.33. The van der Waals surface area contributed by atoms with E-state index in [-0.39, 0.29) is 5.91 Å². The van der Waals surface area contributed by atoms with Crippen LogP contribution in [0.3, 0.4) is 0 Å². The summed E-state index contributed by atoms with van der Waals surface area (Å²) in [6.45, 7) is 7.49. The minimum absolute atomic E-state index is 0.112. The number of nitrogens with zero attached hydrogens (tertiary/aromatic N) is 1. The zero-order chi connectivity index (χ0) is 23.6. The number of ether oxygens (including phenoxy) is 4. The van der Waals surface area contributed by atoms with E-state index in [1.807, 2.05) is 55.5 Å². The first-order valence-electron chi connectivity index (χ1n) is 10.6. The molecule has 6 nitrogen and oxygen atoms in total. The summed E-state index contributed by atoms with van der Waals surface area (Å²) in [4.78, 5) is 14.7. The number of rotatable bonds is 12. The van der Waals surface area contributed by atoms with Gasteiger partial charge in [0.2, 0.25) is 0 Å². The van der Waals surface area contributed by atoms with E-state index in [1.165, 1.54) is 16.7 Å². The molecule has 1 aliphatic heterocycles. The van der Waals surface area contributed by atoms with Gasteiger partial charge in [0.15, 0.2) is 11.5 Å². The Balaban J connectivity index is 1.59. The third-order valence-electron chi connectivity index (χ3n) is 4.61. The third kappa shape index (κ3) is 6.76. The Morgan fingerprint density at radius 2 is 1.85 bits per heavy atom. The van der Waals surface area contributed by atoms with Crippen molar-refractivity contribution < 1.29 is 23.7 Å². The van der Waals surface area contributed by atoms with Crippen molar-refractivity contribution in [3.8, 4) is 23.0 Å². The van der Waals surface area contributed by atoms with E-state index in [9.17, 15) is 4.79 Å². The van der Waals surface area contributed by atoms with Gasteiger partial charge in [-0.1, -0.05) is 42.2 Å². The van der Waals surface area contributed by atoms with Crippen molar-refractivity contribution in [3.05, 3.63) is 65.6 Å². The Morgan fingerprint density at radius 3 is 2.61 bits per heavy atom. The van der Waals surface area contributed by atoms with Gasteiger partial charge in [0.25, 0.3) is 5.91 Å². The summed E-state index contributed by atoms with van der Waals surface area (Å²) in [5, 5.41) is 0. The molecule has 8 heteroatoms. The average molecular weight is 486 g/mol. The van der Waals surface area contributed by atoms with Crippen LogP contribution in [0.15, 0.2) is 60.0 Å². The summed E-state index contributed by atoms with van der Waals surface area (Å²) in [5.41, 5.74) is 0.839.